The van der Waals surface area contributed by atoms with Crippen molar-refractivity contribution in [3.05, 3.63) is 59.2 Å². The smallest absolute Gasteiger partial charge is 0.0208 e. The molecule has 0 atom stereocenters. The molecular formula is C20H25N. The van der Waals surface area contributed by atoms with Gasteiger partial charge in [0.25, 0.3) is 0 Å². The first kappa shape index (κ1) is 14.3. The van der Waals surface area contributed by atoms with Crippen molar-refractivity contribution in [2.45, 2.75) is 52.1 Å². The van der Waals surface area contributed by atoms with Crippen molar-refractivity contribution in [2.75, 3.05) is 0 Å². The molecule has 0 radical (unpaired) electrons. The summed E-state index contributed by atoms with van der Waals surface area (Å²) in [6.45, 7) is 5.45. The second-order valence-corrected chi connectivity index (χ2v) is 6.05. The lowest BCUT2D eigenvalue weighted by Gasteiger charge is -2.11. The van der Waals surface area contributed by atoms with Crippen molar-refractivity contribution in [1.29, 1.82) is 0 Å². The van der Waals surface area contributed by atoms with Crippen LogP contribution in [0.4, 0.5) is 0 Å². The number of rotatable bonds is 6. The van der Waals surface area contributed by atoms with E-state index in [1.165, 1.54) is 40.7 Å². The lowest BCUT2D eigenvalue weighted by Crippen LogP contribution is -2.15. The molecule has 110 valence electrons. The van der Waals surface area contributed by atoms with Crippen LogP contribution in [0.25, 0.3) is 11.1 Å². The molecule has 0 aromatic heterocycles. The Hall–Kier alpha value is -1.60. The van der Waals surface area contributed by atoms with Gasteiger partial charge in [-0.15, -0.1) is 0 Å². The quantitative estimate of drug-likeness (QED) is 0.806. The Morgan fingerprint density at radius 3 is 2.24 bits per heavy atom. The van der Waals surface area contributed by atoms with E-state index in [0.29, 0.717) is 0 Å². The van der Waals surface area contributed by atoms with Crippen molar-refractivity contribution in [3.8, 4) is 11.1 Å². The predicted octanol–water partition coefficient (Wildman–Crippen LogP) is 4.73. The van der Waals surface area contributed by atoms with Gasteiger partial charge in [0.15, 0.2) is 0 Å². The highest BCUT2D eigenvalue weighted by Crippen LogP contribution is 2.26. The minimum Gasteiger partial charge on any atom is -0.310 e. The van der Waals surface area contributed by atoms with Crippen LogP contribution in [0, 0.1) is 0 Å². The van der Waals surface area contributed by atoms with Crippen LogP contribution in [0.3, 0.4) is 0 Å². The Balaban J connectivity index is 1.81. The number of hydrogen-bond donors (Lipinski definition) is 1. The fraction of sp³-hybridized carbons (Fsp3) is 0.400. The van der Waals surface area contributed by atoms with Crippen molar-refractivity contribution < 1.29 is 0 Å². The van der Waals surface area contributed by atoms with E-state index in [1.54, 1.807) is 0 Å². The zero-order valence-electron chi connectivity index (χ0n) is 13.2. The number of nitrogens with one attached hydrogen (secondary N) is 1. The summed E-state index contributed by atoms with van der Waals surface area (Å²) in [7, 11) is 0. The predicted molar refractivity (Wildman–Crippen MR) is 90.5 cm³/mol. The first-order chi connectivity index (χ1) is 10.3. The summed E-state index contributed by atoms with van der Waals surface area (Å²) in [5, 5.41) is 3.57. The highest BCUT2D eigenvalue weighted by atomic mass is 14.9. The molecule has 1 N–H and O–H groups in total. The molecule has 21 heavy (non-hydrogen) atoms. The molecule has 1 fully saturated rings. The fourth-order valence-electron chi connectivity index (χ4n) is 2.77. The van der Waals surface area contributed by atoms with Crippen LogP contribution in [-0.4, -0.2) is 6.04 Å². The molecule has 0 aliphatic heterocycles. The molecule has 1 heteroatoms. The largest absolute Gasteiger partial charge is 0.310 e. The van der Waals surface area contributed by atoms with E-state index < -0.39 is 0 Å². The van der Waals surface area contributed by atoms with Crippen molar-refractivity contribution in [2.24, 2.45) is 0 Å². The zero-order valence-corrected chi connectivity index (χ0v) is 13.2. The molecule has 2 aromatic rings. The first-order valence-corrected chi connectivity index (χ1v) is 8.24. The Morgan fingerprint density at radius 1 is 0.905 bits per heavy atom. The van der Waals surface area contributed by atoms with Crippen LogP contribution in [0.15, 0.2) is 42.5 Å². The minimum atomic E-state index is 0.776. The zero-order chi connectivity index (χ0) is 14.7. The fourth-order valence-corrected chi connectivity index (χ4v) is 2.77. The average Bonchev–Trinajstić information content (AvgIpc) is 3.37. The van der Waals surface area contributed by atoms with E-state index in [4.69, 9.17) is 0 Å². The second-order valence-electron chi connectivity index (χ2n) is 6.05. The molecule has 0 heterocycles. The van der Waals surface area contributed by atoms with Gasteiger partial charge in [0.1, 0.15) is 0 Å². The summed E-state index contributed by atoms with van der Waals surface area (Å²) in [5.41, 5.74) is 6.99. The maximum Gasteiger partial charge on any atom is 0.0208 e. The molecular weight excluding hydrogens is 254 g/mol. The third kappa shape index (κ3) is 3.54. The van der Waals surface area contributed by atoms with Gasteiger partial charge in [0, 0.05) is 12.6 Å². The summed E-state index contributed by atoms with van der Waals surface area (Å²) in [6.07, 6.45) is 4.88. The topological polar surface area (TPSA) is 12.0 Å². The molecule has 0 bridgehead atoms. The third-order valence-electron chi connectivity index (χ3n) is 4.40. The summed E-state index contributed by atoms with van der Waals surface area (Å²) >= 11 is 0. The minimum absolute atomic E-state index is 0.776. The van der Waals surface area contributed by atoms with Crippen LogP contribution < -0.4 is 5.32 Å². The lowest BCUT2D eigenvalue weighted by atomic mass is 9.94. The average molecular weight is 279 g/mol. The van der Waals surface area contributed by atoms with Gasteiger partial charge in [-0.1, -0.05) is 56.3 Å². The standard InChI is InChI=1S/C20H25N/c1-3-15-5-8-17(4-2)20(13-15)18-9-6-16(7-10-18)14-21-19-11-12-19/h5-10,13,19,21H,3-4,11-12,14H2,1-2H3. The molecule has 1 saturated carbocycles. The molecule has 1 aliphatic rings. The van der Waals surface area contributed by atoms with Crippen LogP contribution in [-0.2, 0) is 19.4 Å². The van der Waals surface area contributed by atoms with Crippen molar-refractivity contribution >= 4 is 0 Å². The number of aryl methyl sites for hydroxylation is 2. The Morgan fingerprint density at radius 2 is 1.62 bits per heavy atom. The molecule has 3 rings (SSSR count). The number of hydrogen-bond acceptors (Lipinski definition) is 1. The van der Waals surface area contributed by atoms with E-state index >= 15 is 0 Å². The molecule has 1 aliphatic carbocycles. The summed E-state index contributed by atoms with van der Waals surface area (Å²) in [5.74, 6) is 0. The maximum atomic E-state index is 3.57. The van der Waals surface area contributed by atoms with Crippen molar-refractivity contribution in [3.63, 3.8) is 0 Å². The van der Waals surface area contributed by atoms with Gasteiger partial charge < -0.3 is 5.32 Å². The highest BCUT2D eigenvalue weighted by Gasteiger charge is 2.19. The molecule has 0 amide bonds. The summed E-state index contributed by atoms with van der Waals surface area (Å²) in [4.78, 5) is 0. The van der Waals surface area contributed by atoms with Gasteiger partial charge in [-0.25, -0.2) is 0 Å². The van der Waals surface area contributed by atoms with Gasteiger partial charge in [0.2, 0.25) is 0 Å². The van der Waals surface area contributed by atoms with Crippen LogP contribution in [0.5, 0.6) is 0 Å². The molecule has 0 saturated heterocycles. The molecule has 0 spiro atoms. The van der Waals surface area contributed by atoms with Crippen LogP contribution in [0.1, 0.15) is 43.4 Å². The van der Waals surface area contributed by atoms with Crippen LogP contribution >= 0.6 is 0 Å². The van der Waals surface area contributed by atoms with E-state index in [9.17, 15) is 0 Å². The van der Waals surface area contributed by atoms with E-state index in [-0.39, 0.29) is 0 Å². The van der Waals surface area contributed by atoms with Gasteiger partial charge in [0.05, 0.1) is 0 Å². The first-order valence-electron chi connectivity index (χ1n) is 8.24. The Bertz CT molecular complexity index is 594. The van der Waals surface area contributed by atoms with E-state index in [0.717, 1.165) is 25.4 Å². The Kier molecular flexibility index (Phi) is 4.40. The molecule has 0 unspecified atom stereocenters. The summed E-state index contributed by atoms with van der Waals surface area (Å²) < 4.78 is 0. The van der Waals surface area contributed by atoms with E-state index in [2.05, 4.69) is 61.6 Å². The van der Waals surface area contributed by atoms with Gasteiger partial charge >= 0.3 is 0 Å². The summed E-state index contributed by atoms with van der Waals surface area (Å²) in [6, 6.07) is 16.8. The number of benzene rings is 2. The second kappa shape index (κ2) is 6.44. The maximum absolute atomic E-state index is 3.57. The highest BCUT2D eigenvalue weighted by molar-refractivity contribution is 5.68. The van der Waals surface area contributed by atoms with Gasteiger partial charge in [-0.05, 0) is 53.5 Å². The molecule has 1 nitrogen and oxygen atoms in total. The monoisotopic (exact) mass is 279 g/mol. The third-order valence-corrected chi connectivity index (χ3v) is 4.40. The normalized spacial score (nSPS) is 14.4. The Labute approximate surface area is 128 Å². The lowest BCUT2D eigenvalue weighted by molar-refractivity contribution is 0.688. The van der Waals surface area contributed by atoms with Crippen molar-refractivity contribution in [1.82, 2.24) is 5.32 Å². The van der Waals surface area contributed by atoms with E-state index in [1.807, 2.05) is 0 Å². The SMILES string of the molecule is CCc1ccc(CC)c(-c2ccc(CNC3CC3)cc2)c1. The molecule has 2 aromatic carbocycles. The van der Waals surface area contributed by atoms with Gasteiger partial charge in [-0.3, -0.25) is 0 Å². The van der Waals surface area contributed by atoms with Crippen LogP contribution in [0.2, 0.25) is 0 Å². The van der Waals surface area contributed by atoms with Gasteiger partial charge in [-0.2, -0.15) is 0 Å².